The van der Waals surface area contributed by atoms with Gasteiger partial charge in [0.15, 0.2) is 5.69 Å². The maximum atomic E-state index is 13.4. The summed E-state index contributed by atoms with van der Waals surface area (Å²) >= 11 is 0. The molecule has 0 aliphatic heterocycles. The van der Waals surface area contributed by atoms with Gasteiger partial charge in [0.2, 0.25) is 0 Å². The zero-order valence-corrected chi connectivity index (χ0v) is 15.9. The van der Waals surface area contributed by atoms with Crippen molar-refractivity contribution in [1.82, 2.24) is 14.8 Å². The fourth-order valence-electron chi connectivity index (χ4n) is 3.17. The molecule has 0 aliphatic carbocycles. The number of hydrogen-bond acceptors (Lipinski definition) is 3. The molecule has 0 aliphatic rings. The summed E-state index contributed by atoms with van der Waals surface area (Å²) in [5.74, 6) is -0.536. The fraction of sp³-hybridized carbons (Fsp3) is 0.0870. The molecule has 4 rings (SSSR count). The van der Waals surface area contributed by atoms with E-state index >= 15 is 0 Å². The summed E-state index contributed by atoms with van der Waals surface area (Å²) in [7, 11) is 0. The molecule has 2 heterocycles. The number of benzene rings is 2. The minimum atomic E-state index is -0.332. The topological polar surface area (TPSA) is 51.0 Å². The highest BCUT2D eigenvalue weighted by molar-refractivity contribution is 6.05. The quantitative estimate of drug-likeness (QED) is 0.498. The van der Waals surface area contributed by atoms with Crippen LogP contribution in [0.4, 0.5) is 10.1 Å². The molecule has 0 fully saturated rings. The summed E-state index contributed by atoms with van der Waals surface area (Å²) < 4.78 is 15.0. The lowest BCUT2D eigenvalue weighted by Gasteiger charge is -2.19. The molecular formula is C23H19FN4O. The van der Waals surface area contributed by atoms with E-state index in [2.05, 4.69) is 10.1 Å². The predicted molar refractivity (Wildman–Crippen MR) is 111 cm³/mol. The van der Waals surface area contributed by atoms with Crippen LogP contribution in [0.25, 0.3) is 16.9 Å². The third kappa shape index (κ3) is 3.78. The maximum absolute atomic E-state index is 13.4. The number of nitrogens with zero attached hydrogens (tertiary/aromatic N) is 4. The smallest absolute Gasteiger partial charge is 0.278 e. The average molecular weight is 386 g/mol. The molecule has 0 radical (unpaired) electrons. The zero-order valence-electron chi connectivity index (χ0n) is 15.9. The molecule has 2 aromatic carbocycles. The highest BCUT2D eigenvalue weighted by Gasteiger charge is 2.22. The van der Waals surface area contributed by atoms with E-state index in [1.165, 1.54) is 12.1 Å². The van der Waals surface area contributed by atoms with Crippen molar-refractivity contribution in [3.05, 3.63) is 96.7 Å². The van der Waals surface area contributed by atoms with Crippen LogP contribution in [0.3, 0.4) is 0 Å². The Hall–Kier alpha value is -3.80. The molecule has 0 saturated carbocycles. The molecule has 144 valence electrons. The Bertz CT molecular complexity index is 1110. The second-order valence-corrected chi connectivity index (χ2v) is 6.43. The fourth-order valence-corrected chi connectivity index (χ4v) is 3.17. The Labute approximate surface area is 168 Å². The van der Waals surface area contributed by atoms with Crippen molar-refractivity contribution in [2.24, 2.45) is 0 Å². The highest BCUT2D eigenvalue weighted by atomic mass is 19.1. The molecule has 1 amide bonds. The highest BCUT2D eigenvalue weighted by Crippen LogP contribution is 2.25. The summed E-state index contributed by atoms with van der Waals surface area (Å²) in [6, 6.07) is 20.9. The number of pyridine rings is 1. The number of rotatable bonds is 5. The minimum absolute atomic E-state index is 0.204. The molecule has 0 saturated heterocycles. The van der Waals surface area contributed by atoms with Gasteiger partial charge in [-0.2, -0.15) is 5.10 Å². The van der Waals surface area contributed by atoms with E-state index in [4.69, 9.17) is 0 Å². The lowest BCUT2D eigenvalue weighted by atomic mass is 10.2. The number of para-hydroxylation sites is 1. The number of anilines is 1. The number of amides is 1. The largest absolute Gasteiger partial charge is 0.307 e. The molecule has 5 nitrogen and oxygen atoms in total. The molecule has 0 bridgehead atoms. The Morgan fingerprint density at radius 3 is 2.45 bits per heavy atom. The van der Waals surface area contributed by atoms with E-state index in [0.717, 1.165) is 11.3 Å². The Morgan fingerprint density at radius 1 is 1.03 bits per heavy atom. The van der Waals surface area contributed by atoms with Crippen LogP contribution in [0.2, 0.25) is 0 Å². The Kier molecular flexibility index (Phi) is 5.16. The van der Waals surface area contributed by atoms with Gasteiger partial charge in [-0.3, -0.25) is 9.78 Å². The van der Waals surface area contributed by atoms with Crippen molar-refractivity contribution in [1.29, 1.82) is 0 Å². The SMILES string of the molecule is CCN(C(=O)c1cc(-c2cccnc2)n(-c2ccc(F)cc2)n1)c1ccccc1. The van der Waals surface area contributed by atoms with Gasteiger partial charge in [-0.25, -0.2) is 9.07 Å². The van der Waals surface area contributed by atoms with Crippen LogP contribution in [0.15, 0.2) is 85.2 Å². The van der Waals surface area contributed by atoms with Gasteiger partial charge in [0.1, 0.15) is 5.82 Å². The average Bonchev–Trinajstić information content (AvgIpc) is 3.22. The summed E-state index contributed by atoms with van der Waals surface area (Å²) in [5.41, 5.74) is 3.29. The Balaban J connectivity index is 1.80. The number of carbonyl (C=O) groups excluding carboxylic acids is 1. The molecule has 0 N–H and O–H groups in total. The normalized spacial score (nSPS) is 10.7. The third-order valence-corrected chi connectivity index (χ3v) is 4.59. The van der Waals surface area contributed by atoms with E-state index in [-0.39, 0.29) is 11.7 Å². The van der Waals surface area contributed by atoms with Gasteiger partial charge < -0.3 is 4.90 Å². The van der Waals surface area contributed by atoms with Gasteiger partial charge in [0.05, 0.1) is 11.4 Å². The first-order valence-electron chi connectivity index (χ1n) is 9.30. The van der Waals surface area contributed by atoms with Gasteiger partial charge in [-0.15, -0.1) is 0 Å². The summed E-state index contributed by atoms with van der Waals surface area (Å²) in [6.45, 7) is 2.43. The maximum Gasteiger partial charge on any atom is 0.278 e. The van der Waals surface area contributed by atoms with Crippen LogP contribution in [-0.4, -0.2) is 27.2 Å². The van der Waals surface area contributed by atoms with E-state index < -0.39 is 0 Å². The first kappa shape index (κ1) is 18.6. The molecule has 6 heteroatoms. The standard InChI is InChI=1S/C23H19FN4O/c1-2-27(19-8-4-3-5-9-19)23(29)21-15-22(17-7-6-14-25-16-17)28(26-21)20-12-10-18(24)11-13-20/h3-16H,2H2,1H3. The minimum Gasteiger partial charge on any atom is -0.307 e. The second-order valence-electron chi connectivity index (χ2n) is 6.43. The lowest BCUT2D eigenvalue weighted by Crippen LogP contribution is -2.31. The monoisotopic (exact) mass is 386 g/mol. The van der Waals surface area contributed by atoms with Crippen molar-refractivity contribution in [3.8, 4) is 16.9 Å². The molecule has 2 aromatic heterocycles. The zero-order chi connectivity index (χ0) is 20.2. The summed E-state index contributed by atoms with van der Waals surface area (Å²) in [4.78, 5) is 19.1. The predicted octanol–water partition coefficient (Wildman–Crippen LogP) is 4.74. The lowest BCUT2D eigenvalue weighted by molar-refractivity contribution is 0.0983. The summed E-state index contributed by atoms with van der Waals surface area (Å²) in [6.07, 6.45) is 3.39. The van der Waals surface area contributed by atoms with E-state index in [1.807, 2.05) is 49.4 Å². The molecule has 0 unspecified atom stereocenters. The van der Waals surface area contributed by atoms with Gasteiger partial charge in [-0.1, -0.05) is 18.2 Å². The molecule has 0 atom stereocenters. The summed E-state index contributed by atoms with van der Waals surface area (Å²) in [5, 5.41) is 4.56. The van der Waals surface area contributed by atoms with Crippen LogP contribution in [0, 0.1) is 5.82 Å². The first-order valence-corrected chi connectivity index (χ1v) is 9.30. The van der Waals surface area contributed by atoms with Crippen LogP contribution in [0.5, 0.6) is 0 Å². The van der Waals surface area contributed by atoms with Crippen LogP contribution in [0.1, 0.15) is 17.4 Å². The van der Waals surface area contributed by atoms with Gasteiger partial charge in [0.25, 0.3) is 5.91 Å². The van der Waals surface area contributed by atoms with Crippen molar-refractivity contribution in [2.45, 2.75) is 6.92 Å². The van der Waals surface area contributed by atoms with Gasteiger partial charge in [0, 0.05) is 30.2 Å². The molecular weight excluding hydrogens is 367 g/mol. The molecule has 29 heavy (non-hydrogen) atoms. The number of carbonyl (C=O) groups is 1. The van der Waals surface area contributed by atoms with Crippen molar-refractivity contribution < 1.29 is 9.18 Å². The van der Waals surface area contributed by atoms with Crippen LogP contribution >= 0.6 is 0 Å². The molecule has 4 aromatic rings. The van der Waals surface area contributed by atoms with Gasteiger partial charge >= 0.3 is 0 Å². The first-order chi connectivity index (χ1) is 14.2. The van der Waals surface area contributed by atoms with E-state index in [9.17, 15) is 9.18 Å². The Morgan fingerprint density at radius 2 is 1.79 bits per heavy atom. The second kappa shape index (κ2) is 8.06. The van der Waals surface area contributed by atoms with E-state index in [0.29, 0.717) is 23.6 Å². The van der Waals surface area contributed by atoms with Gasteiger partial charge in [-0.05, 0) is 61.5 Å². The third-order valence-electron chi connectivity index (χ3n) is 4.59. The van der Waals surface area contributed by atoms with Crippen molar-refractivity contribution >= 4 is 11.6 Å². The molecule has 0 spiro atoms. The number of aromatic nitrogens is 3. The van der Waals surface area contributed by atoms with Crippen molar-refractivity contribution in [3.63, 3.8) is 0 Å². The van der Waals surface area contributed by atoms with Crippen LogP contribution < -0.4 is 4.90 Å². The van der Waals surface area contributed by atoms with E-state index in [1.54, 1.807) is 40.2 Å². The van der Waals surface area contributed by atoms with Crippen LogP contribution in [-0.2, 0) is 0 Å². The number of hydrogen-bond donors (Lipinski definition) is 0. The van der Waals surface area contributed by atoms with Crippen molar-refractivity contribution in [2.75, 3.05) is 11.4 Å². The number of halogens is 1.